The molecule has 0 unspecified atom stereocenters. The van der Waals surface area contributed by atoms with Gasteiger partial charge in [-0.15, -0.1) is 0 Å². The van der Waals surface area contributed by atoms with E-state index in [1.54, 1.807) is 26.4 Å². The zero-order valence-electron chi connectivity index (χ0n) is 13.5. The molecule has 0 aliphatic carbocycles. The number of aromatic nitrogens is 1. The van der Waals surface area contributed by atoms with Gasteiger partial charge in [-0.3, -0.25) is 4.79 Å². The Kier molecular flexibility index (Phi) is 4.24. The van der Waals surface area contributed by atoms with Crippen molar-refractivity contribution in [3.8, 4) is 33.9 Å². The first-order valence-corrected chi connectivity index (χ1v) is 7.44. The lowest BCUT2D eigenvalue weighted by Crippen LogP contribution is -2.28. The van der Waals surface area contributed by atoms with E-state index in [4.69, 9.17) is 15.3 Å². The lowest BCUT2D eigenvalue weighted by molar-refractivity contribution is 0.355. The Balaban J connectivity index is 2.18. The molecule has 2 N–H and O–H groups in total. The van der Waals surface area contributed by atoms with E-state index in [9.17, 15) is 4.79 Å². The maximum absolute atomic E-state index is 12.3. The van der Waals surface area contributed by atoms with Crippen LogP contribution in [0.25, 0.3) is 22.4 Å². The molecule has 122 valence electrons. The second-order valence-electron chi connectivity index (χ2n) is 5.27. The maximum atomic E-state index is 12.3. The van der Waals surface area contributed by atoms with Crippen LogP contribution in [0.3, 0.4) is 0 Å². The molecular weight excluding hydrogens is 304 g/mol. The number of pyridine rings is 1. The number of hydrogen-bond donors (Lipinski definition) is 1. The highest BCUT2D eigenvalue weighted by atomic mass is 16.5. The molecule has 0 saturated heterocycles. The summed E-state index contributed by atoms with van der Waals surface area (Å²) in [5, 5.41) is 0. The van der Waals surface area contributed by atoms with E-state index >= 15 is 0 Å². The maximum Gasteiger partial charge on any atom is 0.269 e. The van der Waals surface area contributed by atoms with E-state index in [1.807, 2.05) is 42.5 Å². The molecule has 0 aliphatic heterocycles. The fourth-order valence-electron chi connectivity index (χ4n) is 2.60. The second kappa shape index (κ2) is 6.50. The molecule has 1 heterocycles. The Morgan fingerprint density at radius 1 is 0.792 bits per heavy atom. The van der Waals surface area contributed by atoms with Gasteiger partial charge in [0.1, 0.15) is 0 Å². The van der Waals surface area contributed by atoms with E-state index in [-0.39, 0.29) is 5.56 Å². The molecule has 0 saturated carbocycles. The lowest BCUT2D eigenvalue weighted by Gasteiger charge is -2.13. The van der Waals surface area contributed by atoms with Gasteiger partial charge in [0, 0.05) is 11.6 Å². The van der Waals surface area contributed by atoms with Crippen molar-refractivity contribution in [1.82, 2.24) is 4.68 Å². The first-order valence-electron chi connectivity index (χ1n) is 7.44. The quantitative estimate of drug-likeness (QED) is 0.750. The van der Waals surface area contributed by atoms with E-state index in [0.29, 0.717) is 17.2 Å². The lowest BCUT2D eigenvalue weighted by atomic mass is 10.0. The Morgan fingerprint density at radius 2 is 1.50 bits per heavy atom. The first kappa shape index (κ1) is 15.7. The monoisotopic (exact) mass is 322 g/mol. The minimum absolute atomic E-state index is 0.277. The average Bonchev–Trinajstić information content (AvgIpc) is 2.64. The Morgan fingerprint density at radius 3 is 2.17 bits per heavy atom. The molecule has 3 aromatic rings. The number of nitrogens with two attached hydrogens (primary N) is 1. The van der Waals surface area contributed by atoms with E-state index in [1.165, 1.54) is 6.07 Å². The summed E-state index contributed by atoms with van der Waals surface area (Å²) >= 11 is 0. The van der Waals surface area contributed by atoms with Gasteiger partial charge in [-0.25, -0.2) is 4.68 Å². The Labute approximate surface area is 139 Å². The largest absolute Gasteiger partial charge is 0.493 e. The van der Waals surface area contributed by atoms with Crippen LogP contribution in [-0.4, -0.2) is 18.9 Å². The summed E-state index contributed by atoms with van der Waals surface area (Å²) in [7, 11) is 3.14. The summed E-state index contributed by atoms with van der Waals surface area (Å²) in [6.45, 7) is 0. The van der Waals surface area contributed by atoms with Gasteiger partial charge in [0.05, 0.1) is 19.9 Å². The summed E-state index contributed by atoms with van der Waals surface area (Å²) in [5.74, 6) is 7.15. The van der Waals surface area contributed by atoms with E-state index in [0.717, 1.165) is 21.4 Å². The van der Waals surface area contributed by atoms with Crippen LogP contribution in [0.15, 0.2) is 65.5 Å². The third-order valence-corrected chi connectivity index (χ3v) is 3.85. The van der Waals surface area contributed by atoms with Gasteiger partial charge in [-0.1, -0.05) is 30.3 Å². The minimum atomic E-state index is -0.277. The molecule has 3 rings (SSSR count). The smallest absolute Gasteiger partial charge is 0.269 e. The molecule has 0 amide bonds. The van der Waals surface area contributed by atoms with Gasteiger partial charge in [0.25, 0.3) is 5.56 Å². The van der Waals surface area contributed by atoms with Crippen LogP contribution >= 0.6 is 0 Å². The summed E-state index contributed by atoms with van der Waals surface area (Å²) in [6.07, 6.45) is 0. The van der Waals surface area contributed by atoms with Gasteiger partial charge in [0.15, 0.2) is 11.5 Å². The second-order valence-corrected chi connectivity index (χ2v) is 5.27. The molecule has 0 radical (unpaired) electrons. The summed E-state index contributed by atoms with van der Waals surface area (Å²) in [5.41, 5.74) is 2.86. The number of benzene rings is 2. The highest BCUT2D eigenvalue weighted by molar-refractivity contribution is 5.72. The molecule has 24 heavy (non-hydrogen) atoms. The van der Waals surface area contributed by atoms with Crippen LogP contribution in [0.4, 0.5) is 0 Å². The van der Waals surface area contributed by atoms with Crippen LogP contribution in [-0.2, 0) is 0 Å². The third kappa shape index (κ3) is 2.84. The van der Waals surface area contributed by atoms with Crippen LogP contribution in [0.5, 0.6) is 11.5 Å². The van der Waals surface area contributed by atoms with Crippen molar-refractivity contribution in [3.05, 3.63) is 71.0 Å². The molecule has 1 aromatic heterocycles. The van der Waals surface area contributed by atoms with Crippen molar-refractivity contribution < 1.29 is 9.47 Å². The highest BCUT2D eigenvalue weighted by Gasteiger charge is 2.11. The molecule has 0 fully saturated rings. The number of ether oxygens (including phenoxy) is 2. The summed E-state index contributed by atoms with van der Waals surface area (Å²) in [4.78, 5) is 12.3. The van der Waals surface area contributed by atoms with Crippen molar-refractivity contribution in [3.63, 3.8) is 0 Å². The van der Waals surface area contributed by atoms with Crippen LogP contribution in [0, 0.1) is 0 Å². The topological polar surface area (TPSA) is 66.5 Å². The molecule has 0 aliphatic rings. The first-order chi connectivity index (χ1) is 11.6. The Bertz CT molecular complexity index is 918. The van der Waals surface area contributed by atoms with Gasteiger partial charge < -0.3 is 15.3 Å². The Hall–Kier alpha value is -3.21. The van der Waals surface area contributed by atoms with Crippen molar-refractivity contribution in [2.45, 2.75) is 0 Å². The average molecular weight is 322 g/mol. The van der Waals surface area contributed by atoms with Crippen LogP contribution in [0.1, 0.15) is 0 Å². The molecule has 0 bridgehead atoms. The molecule has 0 atom stereocenters. The molecular formula is C19H18N2O3. The number of rotatable bonds is 4. The third-order valence-electron chi connectivity index (χ3n) is 3.85. The van der Waals surface area contributed by atoms with E-state index < -0.39 is 0 Å². The SMILES string of the molecule is COc1ccc(-c2cc(-c3ccccc3)cc(=O)n2N)cc1OC. The predicted molar refractivity (Wildman–Crippen MR) is 94.8 cm³/mol. The van der Waals surface area contributed by atoms with Crippen molar-refractivity contribution in [2.24, 2.45) is 0 Å². The van der Waals surface area contributed by atoms with Crippen LogP contribution in [0.2, 0.25) is 0 Å². The number of hydrogen-bond acceptors (Lipinski definition) is 4. The number of nitrogens with zero attached hydrogens (tertiary/aromatic N) is 1. The van der Waals surface area contributed by atoms with Gasteiger partial charge in [-0.2, -0.15) is 0 Å². The number of nitrogen functional groups attached to an aromatic ring is 1. The zero-order chi connectivity index (χ0) is 17.1. The standard InChI is InChI=1S/C19H18N2O3/c1-23-17-9-8-14(11-18(17)24-2)16-10-15(12-19(22)21(16)20)13-6-4-3-5-7-13/h3-12H,20H2,1-2H3. The van der Waals surface area contributed by atoms with Gasteiger partial charge in [-0.05, 0) is 35.4 Å². The van der Waals surface area contributed by atoms with Crippen molar-refractivity contribution in [1.29, 1.82) is 0 Å². The molecule has 5 heteroatoms. The molecule has 5 nitrogen and oxygen atoms in total. The zero-order valence-corrected chi connectivity index (χ0v) is 13.5. The van der Waals surface area contributed by atoms with E-state index in [2.05, 4.69) is 0 Å². The predicted octanol–water partition coefficient (Wildman–Crippen LogP) is 2.91. The normalized spacial score (nSPS) is 10.4. The van der Waals surface area contributed by atoms with Gasteiger partial charge in [0.2, 0.25) is 0 Å². The van der Waals surface area contributed by atoms with Gasteiger partial charge >= 0.3 is 0 Å². The van der Waals surface area contributed by atoms with Crippen molar-refractivity contribution >= 4 is 0 Å². The molecule has 0 spiro atoms. The van der Waals surface area contributed by atoms with Crippen LogP contribution < -0.4 is 20.9 Å². The van der Waals surface area contributed by atoms with Crippen molar-refractivity contribution in [2.75, 3.05) is 20.1 Å². The number of methoxy groups -OCH3 is 2. The fourth-order valence-corrected chi connectivity index (χ4v) is 2.60. The minimum Gasteiger partial charge on any atom is -0.493 e. The highest BCUT2D eigenvalue weighted by Crippen LogP contribution is 2.32. The summed E-state index contributed by atoms with van der Waals surface area (Å²) < 4.78 is 11.7. The summed E-state index contributed by atoms with van der Waals surface area (Å²) in [6, 6.07) is 18.5. The fraction of sp³-hybridized carbons (Fsp3) is 0.105. The molecule has 2 aromatic carbocycles.